The highest BCUT2D eigenvalue weighted by atomic mass is 19.3. The molecule has 0 aliphatic carbocycles. The first-order valence-corrected chi connectivity index (χ1v) is 4.44. The van der Waals surface area contributed by atoms with Gasteiger partial charge in [0.15, 0.2) is 0 Å². The average Bonchev–Trinajstić information content (AvgIpc) is 2.03. The largest absolute Gasteiger partial charge is 0.355 e. The van der Waals surface area contributed by atoms with Crippen molar-refractivity contribution < 1.29 is 18.3 Å². The number of carbonyl (C=O) groups is 1. The zero-order valence-corrected chi connectivity index (χ0v) is 9.01. The first-order chi connectivity index (χ1) is 6.27. The van der Waals surface area contributed by atoms with Crippen LogP contribution in [0, 0.1) is 5.92 Å². The minimum Gasteiger partial charge on any atom is -0.355 e. The van der Waals surface area contributed by atoms with E-state index >= 15 is 0 Å². The Kier molecular flexibility index (Phi) is 4.97. The lowest BCUT2D eigenvalue weighted by atomic mass is 10.1. The van der Waals surface area contributed by atoms with Gasteiger partial charge in [-0.15, -0.1) is 0 Å². The Balaban J connectivity index is 3.79. The molecule has 0 aromatic rings. The van der Waals surface area contributed by atoms with Crippen LogP contribution in [0.15, 0.2) is 0 Å². The van der Waals surface area contributed by atoms with Gasteiger partial charge in [-0.1, -0.05) is 13.8 Å². The van der Waals surface area contributed by atoms with E-state index in [1.54, 1.807) is 0 Å². The Morgan fingerprint density at radius 1 is 1.50 bits per heavy atom. The molecule has 0 aromatic heterocycles. The standard InChI is InChI=1S/C9H17F2NO2/c1-7(2)9(10,11)5-14-6-12(4)8(3)13/h7H,5-6H2,1-4H3. The van der Waals surface area contributed by atoms with Crippen LogP contribution in [0.3, 0.4) is 0 Å². The second-order valence-electron chi connectivity index (χ2n) is 3.61. The summed E-state index contributed by atoms with van der Waals surface area (Å²) in [7, 11) is 1.50. The van der Waals surface area contributed by atoms with Gasteiger partial charge in [-0.2, -0.15) is 0 Å². The Morgan fingerprint density at radius 2 is 2.00 bits per heavy atom. The number of hydrogen-bond donors (Lipinski definition) is 0. The molecule has 0 atom stereocenters. The van der Waals surface area contributed by atoms with Crippen molar-refractivity contribution in [2.24, 2.45) is 5.92 Å². The van der Waals surface area contributed by atoms with Crippen LogP contribution in [0.5, 0.6) is 0 Å². The molecular weight excluding hydrogens is 192 g/mol. The van der Waals surface area contributed by atoms with E-state index in [2.05, 4.69) is 0 Å². The first kappa shape index (κ1) is 13.3. The third kappa shape index (κ3) is 4.50. The van der Waals surface area contributed by atoms with Crippen LogP contribution in [0.1, 0.15) is 20.8 Å². The fourth-order valence-corrected chi connectivity index (χ4v) is 0.576. The number of nitrogens with zero attached hydrogens (tertiary/aromatic N) is 1. The molecule has 0 aliphatic rings. The van der Waals surface area contributed by atoms with Crippen molar-refractivity contribution in [1.82, 2.24) is 4.90 Å². The minimum atomic E-state index is -2.84. The molecule has 5 heteroatoms. The monoisotopic (exact) mass is 209 g/mol. The van der Waals surface area contributed by atoms with Crippen LogP contribution in [0.4, 0.5) is 8.78 Å². The van der Waals surface area contributed by atoms with Gasteiger partial charge in [-0.3, -0.25) is 4.79 Å². The molecule has 0 radical (unpaired) electrons. The molecule has 0 aromatic carbocycles. The van der Waals surface area contributed by atoms with Crippen molar-refractivity contribution in [3.63, 3.8) is 0 Å². The fourth-order valence-electron chi connectivity index (χ4n) is 0.576. The molecule has 0 aliphatic heterocycles. The topological polar surface area (TPSA) is 29.5 Å². The number of amides is 1. The van der Waals surface area contributed by atoms with E-state index in [4.69, 9.17) is 4.74 Å². The second-order valence-corrected chi connectivity index (χ2v) is 3.61. The molecule has 0 saturated carbocycles. The summed E-state index contributed by atoms with van der Waals surface area (Å²) in [4.78, 5) is 11.9. The number of alkyl halides is 2. The van der Waals surface area contributed by atoms with Crippen molar-refractivity contribution in [3.05, 3.63) is 0 Å². The first-order valence-electron chi connectivity index (χ1n) is 4.44. The number of hydrogen-bond acceptors (Lipinski definition) is 2. The number of carbonyl (C=O) groups excluding carboxylic acids is 1. The molecule has 3 nitrogen and oxygen atoms in total. The van der Waals surface area contributed by atoms with E-state index < -0.39 is 18.4 Å². The Labute approximate surface area is 83.0 Å². The van der Waals surface area contributed by atoms with Gasteiger partial charge in [-0.05, 0) is 0 Å². The summed E-state index contributed by atoms with van der Waals surface area (Å²) in [6.45, 7) is 3.46. The third-order valence-electron chi connectivity index (χ3n) is 1.96. The Morgan fingerprint density at radius 3 is 2.36 bits per heavy atom. The van der Waals surface area contributed by atoms with Crippen LogP contribution in [0.25, 0.3) is 0 Å². The van der Waals surface area contributed by atoms with Gasteiger partial charge in [-0.25, -0.2) is 8.78 Å². The number of halogens is 2. The SMILES string of the molecule is CC(=O)N(C)COCC(F)(F)C(C)C. The quantitative estimate of drug-likeness (QED) is 0.645. The lowest BCUT2D eigenvalue weighted by Crippen LogP contribution is -2.34. The summed E-state index contributed by atoms with van der Waals surface area (Å²) in [6, 6.07) is 0. The highest BCUT2D eigenvalue weighted by molar-refractivity contribution is 5.72. The molecule has 14 heavy (non-hydrogen) atoms. The van der Waals surface area contributed by atoms with Gasteiger partial charge in [0.05, 0.1) is 0 Å². The predicted octanol–water partition coefficient (Wildman–Crippen LogP) is 1.73. The molecule has 0 unspecified atom stereocenters. The predicted molar refractivity (Wildman–Crippen MR) is 49.0 cm³/mol. The van der Waals surface area contributed by atoms with Crippen molar-refractivity contribution in [3.8, 4) is 0 Å². The van der Waals surface area contributed by atoms with Crippen molar-refractivity contribution >= 4 is 5.91 Å². The van der Waals surface area contributed by atoms with E-state index in [1.165, 1.54) is 32.7 Å². The maximum Gasteiger partial charge on any atom is 0.273 e. The molecule has 0 bridgehead atoms. The summed E-state index contributed by atoms with van der Waals surface area (Å²) < 4.78 is 30.7. The average molecular weight is 209 g/mol. The second kappa shape index (κ2) is 5.24. The molecule has 0 saturated heterocycles. The van der Waals surface area contributed by atoms with Gasteiger partial charge >= 0.3 is 0 Å². The highest BCUT2D eigenvalue weighted by Crippen LogP contribution is 2.23. The molecular formula is C9H17F2NO2. The molecule has 84 valence electrons. The molecule has 0 fully saturated rings. The number of rotatable bonds is 5. The number of ether oxygens (including phenoxy) is 1. The van der Waals surface area contributed by atoms with Gasteiger partial charge in [0, 0.05) is 19.9 Å². The van der Waals surface area contributed by atoms with Crippen molar-refractivity contribution in [2.75, 3.05) is 20.4 Å². The normalized spacial score (nSPS) is 11.9. The van der Waals surface area contributed by atoms with E-state index in [0.29, 0.717) is 0 Å². The molecule has 0 heterocycles. The van der Waals surface area contributed by atoms with Crippen molar-refractivity contribution in [2.45, 2.75) is 26.7 Å². The molecule has 0 N–H and O–H groups in total. The van der Waals surface area contributed by atoms with Crippen LogP contribution in [0.2, 0.25) is 0 Å². The molecule has 0 spiro atoms. The van der Waals surface area contributed by atoms with E-state index in [-0.39, 0.29) is 12.6 Å². The van der Waals surface area contributed by atoms with E-state index in [1.807, 2.05) is 0 Å². The maximum atomic E-state index is 13.0. The summed E-state index contributed by atoms with van der Waals surface area (Å²) in [5.74, 6) is -3.81. The van der Waals surface area contributed by atoms with Gasteiger partial charge < -0.3 is 9.64 Å². The Bertz CT molecular complexity index is 195. The van der Waals surface area contributed by atoms with Crippen molar-refractivity contribution in [1.29, 1.82) is 0 Å². The summed E-state index contributed by atoms with van der Waals surface area (Å²) in [5, 5.41) is 0. The highest BCUT2D eigenvalue weighted by Gasteiger charge is 2.33. The molecule has 0 rings (SSSR count). The summed E-state index contributed by atoms with van der Waals surface area (Å²) in [5.41, 5.74) is 0. The van der Waals surface area contributed by atoms with Gasteiger partial charge in [0.25, 0.3) is 5.92 Å². The van der Waals surface area contributed by atoms with Crippen LogP contribution in [-0.2, 0) is 9.53 Å². The van der Waals surface area contributed by atoms with Crippen LogP contribution >= 0.6 is 0 Å². The maximum absolute atomic E-state index is 13.0. The van der Waals surface area contributed by atoms with E-state index in [0.717, 1.165) is 0 Å². The minimum absolute atomic E-state index is 0.0996. The lowest BCUT2D eigenvalue weighted by Gasteiger charge is -2.22. The van der Waals surface area contributed by atoms with Gasteiger partial charge in [0.1, 0.15) is 13.3 Å². The third-order valence-corrected chi connectivity index (χ3v) is 1.96. The van der Waals surface area contributed by atoms with Gasteiger partial charge in [0.2, 0.25) is 5.91 Å². The van der Waals surface area contributed by atoms with Crippen LogP contribution in [-0.4, -0.2) is 37.1 Å². The summed E-state index contributed by atoms with van der Waals surface area (Å²) in [6.07, 6.45) is 0. The molecule has 1 amide bonds. The summed E-state index contributed by atoms with van der Waals surface area (Å²) >= 11 is 0. The zero-order chi connectivity index (χ0) is 11.4. The fraction of sp³-hybridized carbons (Fsp3) is 0.889. The Hall–Kier alpha value is -0.710. The van der Waals surface area contributed by atoms with Crippen LogP contribution < -0.4 is 0 Å². The van der Waals surface area contributed by atoms with E-state index in [9.17, 15) is 13.6 Å². The zero-order valence-electron chi connectivity index (χ0n) is 9.01. The lowest BCUT2D eigenvalue weighted by molar-refractivity contribution is -0.144. The smallest absolute Gasteiger partial charge is 0.273 e.